The number of thiophene rings is 1. The van der Waals surface area contributed by atoms with E-state index in [0.29, 0.717) is 6.54 Å². The standard InChI is InChI=1S/C16H18N2OS.C2H6/c1-4-14-11(3)15-16(20-14)13(8-10(2)18-15)17-9-12-6-5-7-19-12;1-2/h5-8H,4,9H2,1-3H3,(H,17,18);1-2H3. The van der Waals surface area contributed by atoms with E-state index in [4.69, 9.17) is 9.40 Å². The number of anilines is 1. The van der Waals surface area contributed by atoms with Crippen LogP contribution in [-0.4, -0.2) is 4.98 Å². The van der Waals surface area contributed by atoms with Crippen molar-refractivity contribution in [1.82, 2.24) is 4.98 Å². The summed E-state index contributed by atoms with van der Waals surface area (Å²) in [5.41, 5.74) is 4.64. The molecule has 0 atom stereocenters. The molecule has 0 radical (unpaired) electrons. The highest BCUT2D eigenvalue weighted by molar-refractivity contribution is 7.19. The molecule has 0 saturated heterocycles. The Kier molecular flexibility index (Phi) is 5.61. The van der Waals surface area contributed by atoms with Crippen molar-refractivity contribution in [3.05, 3.63) is 46.4 Å². The Morgan fingerprint density at radius 3 is 2.68 bits per heavy atom. The molecule has 3 rings (SSSR count). The number of pyridine rings is 1. The molecular formula is C18H24N2OS. The Balaban J connectivity index is 0.000000847. The van der Waals surface area contributed by atoms with Gasteiger partial charge in [-0.2, -0.15) is 0 Å². The van der Waals surface area contributed by atoms with E-state index in [1.165, 1.54) is 15.1 Å². The minimum Gasteiger partial charge on any atom is -0.467 e. The maximum atomic E-state index is 5.37. The van der Waals surface area contributed by atoms with E-state index in [1.807, 2.05) is 44.2 Å². The summed E-state index contributed by atoms with van der Waals surface area (Å²) in [6.45, 7) is 11.1. The SMILES string of the molecule is CC.CCc1sc2c(NCc3ccco3)cc(C)nc2c1C. The number of fused-ring (bicyclic) bond motifs is 1. The highest BCUT2D eigenvalue weighted by atomic mass is 32.1. The Labute approximate surface area is 136 Å². The average molecular weight is 316 g/mol. The van der Waals surface area contributed by atoms with Crippen LogP contribution in [0.3, 0.4) is 0 Å². The van der Waals surface area contributed by atoms with Crippen molar-refractivity contribution in [1.29, 1.82) is 0 Å². The van der Waals surface area contributed by atoms with Crippen LogP contribution in [0.4, 0.5) is 5.69 Å². The van der Waals surface area contributed by atoms with Crippen LogP contribution in [0, 0.1) is 13.8 Å². The van der Waals surface area contributed by atoms with Crippen molar-refractivity contribution >= 4 is 27.2 Å². The van der Waals surface area contributed by atoms with Gasteiger partial charge in [0.1, 0.15) is 5.76 Å². The molecule has 0 aliphatic rings. The van der Waals surface area contributed by atoms with E-state index in [9.17, 15) is 0 Å². The van der Waals surface area contributed by atoms with Crippen LogP contribution in [0.25, 0.3) is 10.2 Å². The zero-order valence-corrected chi connectivity index (χ0v) is 14.8. The van der Waals surface area contributed by atoms with E-state index in [0.717, 1.165) is 29.1 Å². The third-order valence-electron chi connectivity index (χ3n) is 3.45. The summed E-state index contributed by atoms with van der Waals surface area (Å²) >= 11 is 1.84. The number of aryl methyl sites for hydroxylation is 3. The second kappa shape index (κ2) is 7.45. The van der Waals surface area contributed by atoms with Gasteiger partial charge in [0.15, 0.2) is 0 Å². The molecule has 3 aromatic rings. The molecule has 118 valence electrons. The van der Waals surface area contributed by atoms with Gasteiger partial charge < -0.3 is 9.73 Å². The van der Waals surface area contributed by atoms with Gasteiger partial charge in [0.25, 0.3) is 0 Å². The van der Waals surface area contributed by atoms with Crippen molar-refractivity contribution in [2.45, 2.75) is 47.6 Å². The number of hydrogen-bond donors (Lipinski definition) is 1. The molecular weight excluding hydrogens is 292 g/mol. The van der Waals surface area contributed by atoms with Gasteiger partial charge in [-0.15, -0.1) is 11.3 Å². The molecule has 22 heavy (non-hydrogen) atoms. The fraction of sp³-hybridized carbons (Fsp3) is 0.389. The molecule has 0 aliphatic carbocycles. The van der Waals surface area contributed by atoms with Crippen LogP contribution in [0.2, 0.25) is 0 Å². The predicted octanol–water partition coefficient (Wildman–Crippen LogP) is 5.71. The number of rotatable bonds is 4. The number of furan rings is 1. The molecule has 0 unspecified atom stereocenters. The Morgan fingerprint density at radius 2 is 2.05 bits per heavy atom. The predicted molar refractivity (Wildman–Crippen MR) is 95.9 cm³/mol. The zero-order valence-electron chi connectivity index (χ0n) is 14.0. The second-order valence-electron chi connectivity index (χ2n) is 4.93. The van der Waals surface area contributed by atoms with Crippen LogP contribution in [-0.2, 0) is 13.0 Å². The smallest absolute Gasteiger partial charge is 0.122 e. The minimum atomic E-state index is 0.698. The Hall–Kier alpha value is -1.81. The minimum absolute atomic E-state index is 0.698. The lowest BCUT2D eigenvalue weighted by Gasteiger charge is -2.07. The first-order valence-electron chi connectivity index (χ1n) is 7.85. The number of nitrogens with zero attached hydrogens (tertiary/aromatic N) is 1. The largest absolute Gasteiger partial charge is 0.467 e. The van der Waals surface area contributed by atoms with Gasteiger partial charge >= 0.3 is 0 Å². The molecule has 4 heteroatoms. The quantitative estimate of drug-likeness (QED) is 0.670. The van der Waals surface area contributed by atoms with E-state index in [-0.39, 0.29) is 0 Å². The van der Waals surface area contributed by atoms with Gasteiger partial charge in [-0.1, -0.05) is 20.8 Å². The fourth-order valence-electron chi connectivity index (χ4n) is 2.41. The third kappa shape index (κ3) is 3.33. The molecule has 0 amide bonds. The van der Waals surface area contributed by atoms with Gasteiger partial charge in [0.05, 0.1) is 28.7 Å². The maximum Gasteiger partial charge on any atom is 0.122 e. The van der Waals surface area contributed by atoms with E-state index in [1.54, 1.807) is 6.26 Å². The summed E-state index contributed by atoms with van der Waals surface area (Å²) in [7, 11) is 0. The van der Waals surface area contributed by atoms with Crippen LogP contribution >= 0.6 is 11.3 Å². The van der Waals surface area contributed by atoms with E-state index in [2.05, 4.69) is 25.2 Å². The van der Waals surface area contributed by atoms with E-state index >= 15 is 0 Å². The first kappa shape index (κ1) is 16.6. The summed E-state index contributed by atoms with van der Waals surface area (Å²) < 4.78 is 6.62. The average Bonchev–Trinajstić information content (AvgIpc) is 3.16. The summed E-state index contributed by atoms with van der Waals surface area (Å²) in [5.74, 6) is 0.941. The number of nitrogens with one attached hydrogen (secondary N) is 1. The van der Waals surface area contributed by atoms with Crippen LogP contribution in [0.15, 0.2) is 28.9 Å². The normalized spacial score (nSPS) is 10.4. The van der Waals surface area contributed by atoms with Gasteiger partial charge in [-0.3, -0.25) is 4.98 Å². The molecule has 1 N–H and O–H groups in total. The van der Waals surface area contributed by atoms with Gasteiger partial charge in [-0.05, 0) is 44.0 Å². The van der Waals surface area contributed by atoms with Crippen molar-refractivity contribution in [2.75, 3.05) is 5.32 Å². The highest BCUT2D eigenvalue weighted by Gasteiger charge is 2.13. The molecule has 0 fully saturated rings. The lowest BCUT2D eigenvalue weighted by atomic mass is 10.2. The molecule has 3 heterocycles. The monoisotopic (exact) mass is 316 g/mol. The van der Waals surface area contributed by atoms with Crippen molar-refractivity contribution in [3.8, 4) is 0 Å². The third-order valence-corrected chi connectivity index (χ3v) is 4.91. The first-order valence-corrected chi connectivity index (χ1v) is 8.66. The highest BCUT2D eigenvalue weighted by Crippen LogP contribution is 2.35. The van der Waals surface area contributed by atoms with Crippen LogP contribution in [0.1, 0.15) is 42.7 Å². The summed E-state index contributed by atoms with van der Waals surface area (Å²) in [4.78, 5) is 6.11. The van der Waals surface area contributed by atoms with Gasteiger partial charge in [0, 0.05) is 10.6 Å². The summed E-state index contributed by atoms with van der Waals surface area (Å²) in [6.07, 6.45) is 2.76. The maximum absolute atomic E-state index is 5.37. The molecule has 0 aliphatic heterocycles. The van der Waals surface area contributed by atoms with Crippen molar-refractivity contribution in [2.24, 2.45) is 0 Å². The number of hydrogen-bond acceptors (Lipinski definition) is 4. The molecule has 3 aromatic heterocycles. The van der Waals surface area contributed by atoms with Gasteiger partial charge in [-0.25, -0.2) is 0 Å². The lowest BCUT2D eigenvalue weighted by molar-refractivity contribution is 0.518. The van der Waals surface area contributed by atoms with Gasteiger partial charge in [0.2, 0.25) is 0 Å². The van der Waals surface area contributed by atoms with E-state index < -0.39 is 0 Å². The molecule has 0 spiro atoms. The Bertz CT molecular complexity index is 729. The topological polar surface area (TPSA) is 38.1 Å². The molecule has 0 bridgehead atoms. The number of aromatic nitrogens is 1. The second-order valence-corrected chi connectivity index (χ2v) is 6.03. The molecule has 0 aromatic carbocycles. The van der Waals surface area contributed by atoms with Crippen molar-refractivity contribution in [3.63, 3.8) is 0 Å². The fourth-order valence-corrected chi connectivity index (χ4v) is 3.59. The Morgan fingerprint density at radius 1 is 1.27 bits per heavy atom. The summed E-state index contributed by atoms with van der Waals surface area (Å²) in [6, 6.07) is 6.00. The summed E-state index contributed by atoms with van der Waals surface area (Å²) in [5, 5.41) is 3.47. The molecule has 3 nitrogen and oxygen atoms in total. The first-order chi connectivity index (χ1) is 10.7. The van der Waals surface area contributed by atoms with Crippen molar-refractivity contribution < 1.29 is 4.42 Å². The van der Waals surface area contributed by atoms with Crippen LogP contribution in [0.5, 0.6) is 0 Å². The lowest BCUT2D eigenvalue weighted by Crippen LogP contribution is -1.99. The van der Waals surface area contributed by atoms with Crippen LogP contribution < -0.4 is 5.32 Å². The molecule has 0 saturated carbocycles. The zero-order chi connectivity index (χ0) is 16.1.